The topological polar surface area (TPSA) is 0 Å². The molecular weight excluding hydrogens is 212 g/mol. The van der Waals surface area contributed by atoms with Crippen molar-refractivity contribution in [3.63, 3.8) is 0 Å². The molecule has 88 valence electrons. The Kier molecular flexibility index (Phi) is 5.68. The van der Waals surface area contributed by atoms with E-state index < -0.39 is 0 Å². The lowest BCUT2D eigenvalue weighted by Gasteiger charge is -2.22. The second kappa shape index (κ2) is 6.80. The molecule has 2 unspecified atom stereocenters. The van der Waals surface area contributed by atoms with Crippen LogP contribution in [0.15, 0.2) is 36.4 Å². The van der Waals surface area contributed by atoms with Crippen LogP contribution in [0.1, 0.15) is 32.8 Å². The average molecular weight is 234 g/mol. The lowest BCUT2D eigenvalue weighted by molar-refractivity contribution is 0.457. The Morgan fingerprint density at radius 2 is 1.88 bits per heavy atom. The van der Waals surface area contributed by atoms with Gasteiger partial charge in [-0.2, -0.15) is 12.6 Å². The van der Waals surface area contributed by atoms with Crippen molar-refractivity contribution in [2.24, 2.45) is 11.8 Å². The monoisotopic (exact) mass is 234 g/mol. The first kappa shape index (κ1) is 13.4. The van der Waals surface area contributed by atoms with E-state index in [1.165, 1.54) is 17.6 Å². The highest BCUT2D eigenvalue weighted by molar-refractivity contribution is 7.80. The van der Waals surface area contributed by atoms with E-state index in [0.29, 0.717) is 11.8 Å². The van der Waals surface area contributed by atoms with Crippen molar-refractivity contribution in [2.75, 3.05) is 5.75 Å². The predicted molar refractivity (Wildman–Crippen MR) is 76.9 cm³/mol. The maximum atomic E-state index is 4.33. The second-order valence-electron chi connectivity index (χ2n) is 4.38. The zero-order chi connectivity index (χ0) is 12.0. The van der Waals surface area contributed by atoms with Crippen molar-refractivity contribution < 1.29 is 0 Å². The van der Waals surface area contributed by atoms with Crippen molar-refractivity contribution in [1.82, 2.24) is 0 Å². The highest BCUT2D eigenvalue weighted by Gasteiger charge is 2.15. The van der Waals surface area contributed by atoms with Gasteiger partial charge in [0.25, 0.3) is 0 Å². The van der Waals surface area contributed by atoms with Crippen molar-refractivity contribution in [3.05, 3.63) is 42.0 Å². The number of benzene rings is 1. The van der Waals surface area contributed by atoms with E-state index in [-0.39, 0.29) is 0 Å². The van der Waals surface area contributed by atoms with Crippen molar-refractivity contribution in [1.29, 1.82) is 0 Å². The summed E-state index contributed by atoms with van der Waals surface area (Å²) in [5.41, 5.74) is 2.77. The molecule has 1 aromatic carbocycles. The van der Waals surface area contributed by atoms with Crippen LogP contribution in [0, 0.1) is 11.8 Å². The first-order chi connectivity index (χ1) is 7.70. The molecule has 0 aliphatic rings. The summed E-state index contributed by atoms with van der Waals surface area (Å²) in [6.45, 7) is 6.89. The van der Waals surface area contributed by atoms with Gasteiger partial charge in [-0.3, -0.25) is 0 Å². The molecule has 0 aliphatic carbocycles. The Morgan fingerprint density at radius 1 is 1.25 bits per heavy atom. The molecule has 0 radical (unpaired) electrons. The molecule has 0 aromatic heterocycles. The highest BCUT2D eigenvalue weighted by Crippen LogP contribution is 2.30. The summed E-state index contributed by atoms with van der Waals surface area (Å²) < 4.78 is 0. The molecule has 0 nitrogen and oxygen atoms in total. The van der Waals surface area contributed by atoms with Crippen LogP contribution in [0.3, 0.4) is 0 Å². The largest absolute Gasteiger partial charge is 0.175 e. The van der Waals surface area contributed by atoms with Crippen molar-refractivity contribution in [2.45, 2.75) is 27.2 Å². The number of allylic oxidation sites excluding steroid dienone is 1. The normalized spacial score (nSPS) is 15.9. The Labute approximate surface area is 105 Å². The van der Waals surface area contributed by atoms with Gasteiger partial charge in [-0.25, -0.2) is 0 Å². The molecular formula is C15H22S. The van der Waals surface area contributed by atoms with Gasteiger partial charge < -0.3 is 0 Å². The standard InChI is InChI=1S/C15H22S/c1-4-12(2)13(3)15(10-11-16)14-8-6-5-7-9-14/h5-10,12-13,16H,4,11H2,1-3H3/b15-10-. The van der Waals surface area contributed by atoms with E-state index in [0.717, 1.165) is 5.75 Å². The first-order valence-electron chi connectivity index (χ1n) is 6.07. The SMILES string of the molecule is CCC(C)C(C)/C(=C/CS)c1ccccc1. The molecule has 0 spiro atoms. The molecule has 0 amide bonds. The zero-order valence-electron chi connectivity index (χ0n) is 10.5. The average Bonchev–Trinajstić information content (AvgIpc) is 2.35. The number of hydrogen-bond donors (Lipinski definition) is 1. The van der Waals surface area contributed by atoms with Gasteiger partial charge in [-0.1, -0.05) is 63.6 Å². The van der Waals surface area contributed by atoms with E-state index in [1.807, 2.05) is 0 Å². The highest BCUT2D eigenvalue weighted by atomic mass is 32.1. The molecule has 1 heteroatoms. The molecule has 0 fully saturated rings. The summed E-state index contributed by atoms with van der Waals surface area (Å²) >= 11 is 4.33. The van der Waals surface area contributed by atoms with E-state index in [9.17, 15) is 0 Å². The van der Waals surface area contributed by atoms with E-state index >= 15 is 0 Å². The summed E-state index contributed by atoms with van der Waals surface area (Å²) in [5.74, 6) is 2.12. The van der Waals surface area contributed by atoms with Crippen molar-refractivity contribution >= 4 is 18.2 Å². The minimum absolute atomic E-state index is 0.597. The van der Waals surface area contributed by atoms with Crippen LogP contribution in [0.2, 0.25) is 0 Å². The van der Waals surface area contributed by atoms with Gasteiger partial charge in [-0.05, 0) is 23.0 Å². The molecule has 0 saturated carbocycles. The Hall–Kier alpha value is -0.690. The van der Waals surface area contributed by atoms with Gasteiger partial charge in [0.2, 0.25) is 0 Å². The van der Waals surface area contributed by atoms with Crippen LogP contribution in [0.25, 0.3) is 5.57 Å². The third-order valence-electron chi connectivity index (χ3n) is 3.41. The second-order valence-corrected chi connectivity index (χ2v) is 4.75. The van der Waals surface area contributed by atoms with Gasteiger partial charge >= 0.3 is 0 Å². The van der Waals surface area contributed by atoms with Crippen LogP contribution >= 0.6 is 12.6 Å². The minimum Gasteiger partial charge on any atom is -0.175 e. The third-order valence-corrected chi connectivity index (χ3v) is 3.59. The number of rotatable bonds is 5. The molecule has 0 bridgehead atoms. The van der Waals surface area contributed by atoms with Crippen LogP contribution in [-0.2, 0) is 0 Å². The third kappa shape index (κ3) is 3.41. The van der Waals surface area contributed by atoms with Gasteiger partial charge in [-0.15, -0.1) is 0 Å². The molecule has 2 atom stereocenters. The van der Waals surface area contributed by atoms with Gasteiger partial charge in [0, 0.05) is 5.75 Å². The van der Waals surface area contributed by atoms with Crippen molar-refractivity contribution in [3.8, 4) is 0 Å². The summed E-state index contributed by atoms with van der Waals surface area (Å²) in [7, 11) is 0. The predicted octanol–water partition coefficient (Wildman–Crippen LogP) is 4.68. The fraction of sp³-hybridized carbons (Fsp3) is 0.467. The molecule has 0 saturated heterocycles. The molecule has 0 aliphatic heterocycles. The smallest absolute Gasteiger partial charge is 0.00886 e. The maximum absolute atomic E-state index is 4.33. The summed E-state index contributed by atoms with van der Waals surface area (Å²) in [6.07, 6.45) is 3.47. The molecule has 0 heterocycles. The Balaban J connectivity index is 2.97. The fourth-order valence-corrected chi connectivity index (χ4v) is 2.15. The van der Waals surface area contributed by atoms with Crippen LogP contribution in [-0.4, -0.2) is 5.75 Å². The molecule has 1 aromatic rings. The van der Waals surface area contributed by atoms with Crippen LogP contribution < -0.4 is 0 Å². The summed E-state index contributed by atoms with van der Waals surface area (Å²) in [5, 5.41) is 0. The molecule has 0 N–H and O–H groups in total. The molecule has 1 rings (SSSR count). The van der Waals surface area contributed by atoms with E-state index in [2.05, 4.69) is 69.8 Å². The van der Waals surface area contributed by atoms with E-state index in [4.69, 9.17) is 0 Å². The lowest BCUT2D eigenvalue weighted by Crippen LogP contribution is -2.09. The quantitative estimate of drug-likeness (QED) is 0.703. The van der Waals surface area contributed by atoms with Crippen LogP contribution in [0.4, 0.5) is 0 Å². The maximum Gasteiger partial charge on any atom is 0.00886 e. The van der Waals surface area contributed by atoms with E-state index in [1.54, 1.807) is 0 Å². The zero-order valence-corrected chi connectivity index (χ0v) is 11.4. The first-order valence-corrected chi connectivity index (χ1v) is 6.70. The Morgan fingerprint density at radius 3 is 2.38 bits per heavy atom. The lowest BCUT2D eigenvalue weighted by atomic mass is 9.83. The summed E-state index contributed by atoms with van der Waals surface area (Å²) in [6, 6.07) is 10.6. The Bertz CT molecular complexity index is 327. The number of thiol groups is 1. The van der Waals surface area contributed by atoms with Crippen LogP contribution in [0.5, 0.6) is 0 Å². The minimum atomic E-state index is 0.597. The van der Waals surface area contributed by atoms with Gasteiger partial charge in [0.1, 0.15) is 0 Å². The molecule has 16 heavy (non-hydrogen) atoms. The number of hydrogen-bond acceptors (Lipinski definition) is 1. The van der Waals surface area contributed by atoms with Gasteiger partial charge in [0.15, 0.2) is 0 Å². The van der Waals surface area contributed by atoms with Gasteiger partial charge in [0.05, 0.1) is 0 Å². The fourth-order valence-electron chi connectivity index (χ4n) is 1.96. The summed E-state index contributed by atoms with van der Waals surface area (Å²) in [4.78, 5) is 0.